The van der Waals surface area contributed by atoms with E-state index in [1.54, 1.807) is 29.9 Å². The summed E-state index contributed by atoms with van der Waals surface area (Å²) in [7, 11) is 3.46. The number of fused-ring (bicyclic) bond motifs is 1. The fraction of sp³-hybridized carbons (Fsp3) is 0.286. The molecule has 0 unspecified atom stereocenters. The summed E-state index contributed by atoms with van der Waals surface area (Å²) in [5.41, 5.74) is 12.6. The molecule has 1 aliphatic rings. The third kappa shape index (κ3) is 3.73. The van der Waals surface area contributed by atoms with Crippen molar-refractivity contribution in [1.29, 1.82) is 0 Å². The van der Waals surface area contributed by atoms with Crippen molar-refractivity contribution in [2.45, 2.75) is 26.3 Å². The highest BCUT2D eigenvalue weighted by Crippen LogP contribution is 2.34. The monoisotopic (exact) mass is 389 g/mol. The maximum atomic E-state index is 11.9. The van der Waals surface area contributed by atoms with Crippen LogP contribution >= 0.6 is 0 Å². The molecule has 1 amide bonds. The minimum absolute atomic E-state index is 0.00923. The molecule has 0 spiro atoms. The van der Waals surface area contributed by atoms with Gasteiger partial charge in [0, 0.05) is 60.9 Å². The molecule has 0 bridgehead atoms. The molecule has 0 radical (unpaired) electrons. The third-order valence-corrected chi connectivity index (χ3v) is 4.96. The van der Waals surface area contributed by atoms with Crippen LogP contribution in [0, 0.1) is 0 Å². The Kier molecular flexibility index (Phi) is 4.84. The molecular formula is C21H23N7O. The van der Waals surface area contributed by atoms with Crippen molar-refractivity contribution in [1.82, 2.24) is 29.6 Å². The molecule has 0 saturated carbocycles. The summed E-state index contributed by atoms with van der Waals surface area (Å²) < 4.78 is 1.64. The first kappa shape index (κ1) is 18.8. The minimum atomic E-state index is -0.00923. The second-order valence-corrected chi connectivity index (χ2v) is 7.21. The van der Waals surface area contributed by atoms with Gasteiger partial charge in [-0.05, 0) is 18.6 Å². The number of aromatic nitrogens is 5. The standard InChI is InChI=1S/C21H23N7O/c1-4-15-8-19(26-21(22)25-15)16-5-6-18-17(16)7-13(9-23-18)14-10-24-28(11-14)12-20(29)27(2)3/h5,7-11H,4,6,12H2,1-3H3,(H2,22,25,26). The average molecular weight is 389 g/mol. The minimum Gasteiger partial charge on any atom is -0.368 e. The number of hydrogen-bond acceptors (Lipinski definition) is 6. The lowest BCUT2D eigenvalue weighted by molar-refractivity contribution is -0.129. The van der Waals surface area contributed by atoms with Crippen LogP contribution in [0.5, 0.6) is 0 Å². The molecule has 0 fully saturated rings. The summed E-state index contributed by atoms with van der Waals surface area (Å²) in [5, 5.41) is 4.31. The Balaban J connectivity index is 1.65. The summed E-state index contributed by atoms with van der Waals surface area (Å²) in [6.07, 6.45) is 9.14. The number of amides is 1. The summed E-state index contributed by atoms with van der Waals surface area (Å²) in [6, 6.07) is 4.08. The Morgan fingerprint density at radius 2 is 2.03 bits per heavy atom. The van der Waals surface area contributed by atoms with Crippen LogP contribution < -0.4 is 5.73 Å². The van der Waals surface area contributed by atoms with E-state index in [2.05, 4.69) is 32.2 Å². The predicted molar refractivity (Wildman–Crippen MR) is 111 cm³/mol. The fourth-order valence-electron chi connectivity index (χ4n) is 3.31. The average Bonchev–Trinajstić information content (AvgIpc) is 3.33. The van der Waals surface area contributed by atoms with Gasteiger partial charge in [-0.15, -0.1) is 0 Å². The molecule has 4 rings (SSSR count). The molecule has 3 heterocycles. The Bertz CT molecular complexity index is 1110. The van der Waals surface area contributed by atoms with Crippen molar-refractivity contribution in [2.24, 2.45) is 0 Å². The lowest BCUT2D eigenvalue weighted by atomic mass is 10.0. The molecule has 29 heavy (non-hydrogen) atoms. The largest absolute Gasteiger partial charge is 0.368 e. The highest BCUT2D eigenvalue weighted by Gasteiger charge is 2.20. The van der Waals surface area contributed by atoms with E-state index in [1.165, 1.54) is 0 Å². The maximum absolute atomic E-state index is 11.9. The molecule has 0 atom stereocenters. The van der Waals surface area contributed by atoms with Crippen molar-refractivity contribution in [3.63, 3.8) is 0 Å². The van der Waals surface area contributed by atoms with Crippen LogP contribution in [0.2, 0.25) is 0 Å². The van der Waals surface area contributed by atoms with Crippen molar-refractivity contribution in [3.8, 4) is 11.1 Å². The van der Waals surface area contributed by atoms with Gasteiger partial charge in [0.05, 0.1) is 17.6 Å². The van der Waals surface area contributed by atoms with Gasteiger partial charge in [0.25, 0.3) is 0 Å². The van der Waals surface area contributed by atoms with Gasteiger partial charge in [0.15, 0.2) is 0 Å². The van der Waals surface area contributed by atoms with E-state index in [-0.39, 0.29) is 18.4 Å². The van der Waals surface area contributed by atoms with Crippen LogP contribution in [0.25, 0.3) is 16.7 Å². The molecule has 3 aromatic rings. The van der Waals surface area contributed by atoms with E-state index in [1.807, 2.05) is 25.4 Å². The van der Waals surface area contributed by atoms with Gasteiger partial charge in [-0.1, -0.05) is 13.0 Å². The smallest absolute Gasteiger partial charge is 0.243 e. The normalized spacial score (nSPS) is 12.6. The molecule has 0 aromatic carbocycles. The number of carbonyl (C=O) groups excluding carboxylic acids is 1. The Morgan fingerprint density at radius 1 is 1.21 bits per heavy atom. The van der Waals surface area contributed by atoms with Gasteiger partial charge in [-0.2, -0.15) is 5.10 Å². The topological polar surface area (TPSA) is 103 Å². The Hall–Kier alpha value is -3.55. The van der Waals surface area contributed by atoms with E-state index < -0.39 is 0 Å². The number of aryl methyl sites for hydroxylation is 1. The van der Waals surface area contributed by atoms with E-state index >= 15 is 0 Å². The van der Waals surface area contributed by atoms with Crippen molar-refractivity contribution >= 4 is 17.4 Å². The van der Waals surface area contributed by atoms with Gasteiger partial charge >= 0.3 is 0 Å². The summed E-state index contributed by atoms with van der Waals surface area (Å²) in [5.74, 6) is 0.273. The van der Waals surface area contributed by atoms with E-state index in [4.69, 9.17) is 5.73 Å². The number of nitrogens with zero attached hydrogens (tertiary/aromatic N) is 6. The highest BCUT2D eigenvalue weighted by molar-refractivity contribution is 5.84. The Labute approximate surface area is 169 Å². The van der Waals surface area contributed by atoms with Crippen LogP contribution in [0.15, 0.2) is 36.8 Å². The van der Waals surface area contributed by atoms with Crippen LogP contribution in [-0.2, 0) is 24.2 Å². The number of anilines is 1. The zero-order valence-corrected chi connectivity index (χ0v) is 16.8. The lowest BCUT2D eigenvalue weighted by Gasteiger charge is -2.10. The third-order valence-electron chi connectivity index (χ3n) is 4.96. The van der Waals surface area contributed by atoms with Gasteiger partial charge in [0.1, 0.15) is 6.54 Å². The maximum Gasteiger partial charge on any atom is 0.243 e. The van der Waals surface area contributed by atoms with Crippen molar-refractivity contribution < 1.29 is 4.79 Å². The van der Waals surface area contributed by atoms with Crippen LogP contribution in [0.1, 0.15) is 29.6 Å². The zero-order chi connectivity index (χ0) is 20.5. The number of pyridine rings is 1. The van der Waals surface area contributed by atoms with Gasteiger partial charge in [-0.3, -0.25) is 14.5 Å². The number of allylic oxidation sites excluding steroid dienone is 1. The molecule has 8 heteroatoms. The number of hydrogen-bond donors (Lipinski definition) is 1. The summed E-state index contributed by atoms with van der Waals surface area (Å²) in [6.45, 7) is 2.25. The van der Waals surface area contributed by atoms with E-state index in [9.17, 15) is 4.79 Å². The van der Waals surface area contributed by atoms with Crippen LogP contribution in [0.3, 0.4) is 0 Å². The number of nitrogen functional groups attached to an aromatic ring is 1. The number of likely N-dealkylation sites (N-methyl/N-ethyl adjacent to an activating group) is 1. The van der Waals surface area contributed by atoms with Crippen LogP contribution in [-0.4, -0.2) is 49.6 Å². The molecule has 0 saturated heterocycles. The predicted octanol–water partition coefficient (Wildman–Crippen LogP) is 1.96. The molecule has 1 aliphatic carbocycles. The summed E-state index contributed by atoms with van der Waals surface area (Å²) >= 11 is 0. The summed E-state index contributed by atoms with van der Waals surface area (Å²) in [4.78, 5) is 26.8. The number of nitrogens with two attached hydrogens (primary N) is 1. The quantitative estimate of drug-likeness (QED) is 0.715. The molecule has 3 aromatic heterocycles. The second kappa shape index (κ2) is 7.46. The van der Waals surface area contributed by atoms with E-state index in [0.717, 1.165) is 52.2 Å². The highest BCUT2D eigenvalue weighted by atomic mass is 16.2. The zero-order valence-electron chi connectivity index (χ0n) is 16.8. The van der Waals surface area contributed by atoms with Crippen molar-refractivity contribution in [3.05, 3.63) is 59.4 Å². The molecule has 0 aliphatic heterocycles. The number of carbonyl (C=O) groups is 1. The van der Waals surface area contributed by atoms with Gasteiger partial charge < -0.3 is 10.6 Å². The van der Waals surface area contributed by atoms with E-state index in [0.29, 0.717) is 0 Å². The van der Waals surface area contributed by atoms with Crippen molar-refractivity contribution in [2.75, 3.05) is 19.8 Å². The van der Waals surface area contributed by atoms with Gasteiger partial charge in [0.2, 0.25) is 11.9 Å². The first-order valence-electron chi connectivity index (χ1n) is 9.51. The first-order valence-corrected chi connectivity index (χ1v) is 9.51. The molecule has 8 nitrogen and oxygen atoms in total. The second-order valence-electron chi connectivity index (χ2n) is 7.21. The molecule has 148 valence electrons. The van der Waals surface area contributed by atoms with Gasteiger partial charge in [-0.25, -0.2) is 9.97 Å². The Morgan fingerprint density at radius 3 is 2.79 bits per heavy atom. The number of rotatable bonds is 5. The lowest BCUT2D eigenvalue weighted by Crippen LogP contribution is -2.26. The first-order chi connectivity index (χ1) is 13.9. The molecule has 2 N–H and O–H groups in total. The fourth-order valence-corrected chi connectivity index (χ4v) is 3.31. The SMILES string of the molecule is CCc1cc(C2=CCc3ncc(-c4cnn(CC(=O)N(C)C)c4)cc32)nc(N)n1. The molecular weight excluding hydrogens is 366 g/mol. The van der Waals surface area contributed by atoms with Crippen LogP contribution in [0.4, 0.5) is 5.95 Å².